The highest BCUT2D eigenvalue weighted by Crippen LogP contribution is 2.36. The molecule has 1 spiro atoms. The van der Waals surface area contributed by atoms with Gasteiger partial charge in [-0.2, -0.15) is 0 Å². The van der Waals surface area contributed by atoms with Crippen molar-refractivity contribution in [1.29, 1.82) is 0 Å². The summed E-state index contributed by atoms with van der Waals surface area (Å²) < 4.78 is 16.1. The topological polar surface area (TPSA) is 65.1 Å². The molecule has 2 aliphatic heterocycles. The predicted octanol–water partition coefficient (Wildman–Crippen LogP) is 2.67. The van der Waals surface area contributed by atoms with Gasteiger partial charge in [0.1, 0.15) is 5.60 Å². The molecule has 2 rings (SSSR count). The summed E-state index contributed by atoms with van der Waals surface area (Å²) in [5.41, 5.74) is 0.324. The zero-order valence-electron chi connectivity index (χ0n) is 14.5. The van der Waals surface area contributed by atoms with Gasteiger partial charge in [-0.05, 0) is 52.0 Å². The van der Waals surface area contributed by atoms with Crippen molar-refractivity contribution in [2.45, 2.75) is 57.7 Å². The molecule has 0 saturated carbocycles. The first-order chi connectivity index (χ1) is 10.7. The van der Waals surface area contributed by atoms with Gasteiger partial charge in [-0.1, -0.05) is 0 Å². The van der Waals surface area contributed by atoms with Gasteiger partial charge in [0.15, 0.2) is 0 Å². The lowest BCUT2D eigenvalue weighted by Crippen LogP contribution is -2.50. The molecule has 6 heteroatoms. The van der Waals surface area contributed by atoms with Crippen molar-refractivity contribution in [3.05, 3.63) is 11.6 Å². The van der Waals surface area contributed by atoms with E-state index in [1.165, 1.54) is 13.2 Å². The van der Waals surface area contributed by atoms with Crippen molar-refractivity contribution in [2.75, 3.05) is 26.8 Å². The third-order valence-electron chi connectivity index (χ3n) is 4.32. The Bertz CT molecular complexity index is 472. The third-order valence-corrected chi connectivity index (χ3v) is 4.32. The molecule has 0 unspecified atom stereocenters. The zero-order chi connectivity index (χ0) is 17.1. The highest BCUT2D eigenvalue weighted by atomic mass is 16.6. The van der Waals surface area contributed by atoms with Crippen LogP contribution in [0.4, 0.5) is 4.79 Å². The second-order valence-corrected chi connectivity index (χ2v) is 7.26. The first kappa shape index (κ1) is 17.8. The number of hydrogen-bond donors (Lipinski definition) is 0. The van der Waals surface area contributed by atoms with Gasteiger partial charge >= 0.3 is 12.1 Å². The number of carbonyl (C=O) groups excluding carboxylic acids is 2. The zero-order valence-corrected chi connectivity index (χ0v) is 14.5. The Labute approximate surface area is 137 Å². The summed E-state index contributed by atoms with van der Waals surface area (Å²) in [5.74, 6) is -0.334. The fourth-order valence-corrected chi connectivity index (χ4v) is 2.94. The summed E-state index contributed by atoms with van der Waals surface area (Å²) in [6.07, 6.45) is 4.58. The third kappa shape index (κ3) is 4.96. The minimum absolute atomic E-state index is 0.175. The minimum Gasteiger partial charge on any atom is -0.466 e. The Kier molecular flexibility index (Phi) is 5.34. The molecule has 2 fully saturated rings. The van der Waals surface area contributed by atoms with E-state index in [2.05, 4.69) is 4.74 Å². The number of esters is 1. The van der Waals surface area contributed by atoms with Crippen LogP contribution in [0.2, 0.25) is 0 Å². The summed E-state index contributed by atoms with van der Waals surface area (Å²) in [7, 11) is 1.37. The number of amides is 1. The lowest BCUT2D eigenvalue weighted by atomic mass is 9.83. The van der Waals surface area contributed by atoms with Crippen LogP contribution >= 0.6 is 0 Å². The van der Waals surface area contributed by atoms with E-state index >= 15 is 0 Å². The van der Waals surface area contributed by atoms with Gasteiger partial charge < -0.3 is 19.1 Å². The van der Waals surface area contributed by atoms with E-state index in [4.69, 9.17) is 9.47 Å². The van der Waals surface area contributed by atoms with Gasteiger partial charge in [-0.25, -0.2) is 9.59 Å². The maximum absolute atomic E-state index is 12.1. The van der Waals surface area contributed by atoms with Crippen LogP contribution in [0.1, 0.15) is 46.5 Å². The number of methoxy groups -OCH3 is 1. The number of hydrogen-bond acceptors (Lipinski definition) is 5. The molecule has 2 aliphatic rings. The lowest BCUT2D eigenvalue weighted by molar-refractivity contribution is -0.135. The van der Waals surface area contributed by atoms with E-state index < -0.39 is 5.60 Å². The molecule has 0 bridgehead atoms. The highest BCUT2D eigenvalue weighted by molar-refractivity contribution is 5.82. The molecule has 0 aromatic rings. The van der Waals surface area contributed by atoms with E-state index in [9.17, 15) is 9.59 Å². The molecule has 0 aromatic heterocycles. The minimum atomic E-state index is -0.471. The molecule has 0 N–H and O–H groups in total. The maximum Gasteiger partial charge on any atom is 0.410 e. The van der Waals surface area contributed by atoms with E-state index in [1.807, 2.05) is 20.8 Å². The van der Waals surface area contributed by atoms with Gasteiger partial charge in [0.25, 0.3) is 0 Å². The summed E-state index contributed by atoms with van der Waals surface area (Å²) in [6.45, 7) is 7.36. The second-order valence-electron chi connectivity index (χ2n) is 7.26. The van der Waals surface area contributed by atoms with Gasteiger partial charge in [-0.15, -0.1) is 0 Å². The largest absolute Gasteiger partial charge is 0.466 e. The van der Waals surface area contributed by atoms with Crippen LogP contribution in [0.5, 0.6) is 0 Å². The van der Waals surface area contributed by atoms with Crippen LogP contribution in [0.15, 0.2) is 11.6 Å². The number of ether oxygens (including phenoxy) is 3. The van der Waals surface area contributed by atoms with Crippen LogP contribution < -0.4 is 0 Å². The molecular formula is C17H27NO5. The number of rotatable bonds is 1. The lowest BCUT2D eigenvalue weighted by Gasteiger charge is -2.44. The number of piperidine rings is 1. The van der Waals surface area contributed by atoms with Gasteiger partial charge in [0.2, 0.25) is 0 Å². The van der Waals surface area contributed by atoms with Crippen LogP contribution in [0.25, 0.3) is 0 Å². The normalized spacial score (nSPS) is 23.0. The second kappa shape index (κ2) is 6.91. The molecule has 2 saturated heterocycles. The van der Waals surface area contributed by atoms with Crippen molar-refractivity contribution >= 4 is 12.1 Å². The van der Waals surface area contributed by atoms with Crippen molar-refractivity contribution in [3.63, 3.8) is 0 Å². The molecule has 0 aliphatic carbocycles. The summed E-state index contributed by atoms with van der Waals surface area (Å²) in [4.78, 5) is 25.1. The first-order valence-electron chi connectivity index (χ1n) is 8.12. The molecule has 0 radical (unpaired) electrons. The number of likely N-dealkylation sites (tertiary alicyclic amines) is 1. The average molecular weight is 325 g/mol. The smallest absolute Gasteiger partial charge is 0.410 e. The first-order valence-corrected chi connectivity index (χ1v) is 8.12. The van der Waals surface area contributed by atoms with Crippen molar-refractivity contribution < 1.29 is 23.8 Å². The maximum atomic E-state index is 12.1. The molecule has 0 atom stereocenters. The van der Waals surface area contributed by atoms with Crippen molar-refractivity contribution in [2.24, 2.45) is 0 Å². The SMILES string of the molecule is COC(=O)/C=C1\CCC2(CCN(C(=O)OC(C)(C)C)CC2)OC1. The van der Waals surface area contributed by atoms with E-state index in [-0.39, 0.29) is 17.7 Å². The number of carbonyl (C=O) groups is 2. The Hall–Kier alpha value is -1.56. The number of nitrogens with zero attached hydrogens (tertiary/aromatic N) is 1. The molecule has 0 aromatic carbocycles. The Balaban J connectivity index is 1.84. The standard InChI is InChI=1S/C17H27NO5/c1-16(2,3)23-15(20)18-9-7-17(8-10-18)6-5-13(12-22-17)11-14(19)21-4/h11H,5-10,12H2,1-4H3/b13-11+. The Morgan fingerprint density at radius 3 is 2.35 bits per heavy atom. The molecule has 23 heavy (non-hydrogen) atoms. The molecule has 2 heterocycles. The quantitative estimate of drug-likeness (QED) is 0.548. The van der Waals surface area contributed by atoms with Crippen LogP contribution in [-0.4, -0.2) is 55.0 Å². The monoisotopic (exact) mass is 325 g/mol. The van der Waals surface area contributed by atoms with Crippen molar-refractivity contribution in [3.8, 4) is 0 Å². The van der Waals surface area contributed by atoms with Gasteiger partial charge in [-0.3, -0.25) is 0 Å². The average Bonchev–Trinajstić information content (AvgIpc) is 2.48. The van der Waals surface area contributed by atoms with E-state index in [1.54, 1.807) is 4.90 Å². The summed E-state index contributed by atoms with van der Waals surface area (Å²) >= 11 is 0. The molecular weight excluding hydrogens is 298 g/mol. The van der Waals surface area contributed by atoms with Gasteiger partial charge in [0.05, 0.1) is 19.3 Å². The van der Waals surface area contributed by atoms with E-state index in [0.29, 0.717) is 19.7 Å². The molecule has 130 valence electrons. The van der Waals surface area contributed by atoms with Crippen LogP contribution in [-0.2, 0) is 19.0 Å². The highest BCUT2D eigenvalue weighted by Gasteiger charge is 2.39. The van der Waals surface area contributed by atoms with Crippen LogP contribution in [0.3, 0.4) is 0 Å². The summed E-state index contributed by atoms with van der Waals surface area (Å²) in [5, 5.41) is 0. The van der Waals surface area contributed by atoms with Crippen molar-refractivity contribution in [1.82, 2.24) is 4.90 Å². The molecule has 6 nitrogen and oxygen atoms in total. The fraction of sp³-hybridized carbons (Fsp3) is 0.765. The van der Waals surface area contributed by atoms with Gasteiger partial charge in [0, 0.05) is 19.2 Å². The Morgan fingerprint density at radius 1 is 1.22 bits per heavy atom. The van der Waals surface area contributed by atoms with Crippen LogP contribution in [0, 0.1) is 0 Å². The fourth-order valence-electron chi connectivity index (χ4n) is 2.94. The Morgan fingerprint density at radius 2 is 1.87 bits per heavy atom. The predicted molar refractivity (Wildman–Crippen MR) is 85.1 cm³/mol. The van der Waals surface area contributed by atoms with E-state index in [0.717, 1.165) is 31.3 Å². The summed E-state index contributed by atoms with van der Waals surface area (Å²) in [6, 6.07) is 0. The molecule has 1 amide bonds.